The molecule has 150 valence electrons. The molecule has 0 unspecified atom stereocenters. The van der Waals surface area contributed by atoms with E-state index in [4.69, 9.17) is 9.29 Å². The van der Waals surface area contributed by atoms with Crippen molar-refractivity contribution in [2.45, 2.75) is 84.8 Å². The van der Waals surface area contributed by atoms with Crippen LogP contribution < -0.4 is 0 Å². The lowest BCUT2D eigenvalue weighted by atomic mass is 9.96. The number of aromatic amines is 1. The second kappa shape index (κ2) is 16.0. The molecule has 1 heterocycles. The van der Waals surface area contributed by atoms with Crippen molar-refractivity contribution in [3.05, 3.63) is 11.9 Å². The smallest absolute Gasteiger partial charge is 0.0923 e. The van der Waals surface area contributed by atoms with Crippen LogP contribution in [0, 0.1) is 11.8 Å². The predicted octanol–water partition coefficient (Wildman–Crippen LogP) is 5.71. The molecule has 0 saturated heterocycles. The van der Waals surface area contributed by atoms with Crippen molar-refractivity contribution in [2.75, 3.05) is 6.61 Å². The molecule has 5 nitrogen and oxygen atoms in total. The van der Waals surface area contributed by atoms with Crippen molar-refractivity contribution >= 4 is 24.7 Å². The molecule has 0 aliphatic carbocycles. The van der Waals surface area contributed by atoms with Gasteiger partial charge in [0.25, 0.3) is 0 Å². The Kier molecular flexibility index (Phi) is 17.2. The van der Waals surface area contributed by atoms with Crippen molar-refractivity contribution in [2.24, 2.45) is 11.8 Å². The molecule has 0 radical (unpaired) electrons. The minimum Gasteiger partial charge on any atom is -0.376 e. The summed E-state index contributed by atoms with van der Waals surface area (Å²) in [6, 6.07) is 0. The third-order valence-electron chi connectivity index (χ3n) is 3.12. The van der Waals surface area contributed by atoms with Crippen LogP contribution in [0.25, 0.3) is 0 Å². The minimum atomic E-state index is 0.0586. The van der Waals surface area contributed by atoms with Gasteiger partial charge in [-0.3, -0.25) is 0 Å². The minimum absolute atomic E-state index is 0.0586. The van der Waals surface area contributed by atoms with E-state index in [1.54, 1.807) is 6.20 Å². The lowest BCUT2D eigenvalue weighted by Gasteiger charge is -2.27. The number of hydrogen-bond donors (Lipinski definition) is 3. The largest absolute Gasteiger partial charge is 0.376 e. The maximum absolute atomic E-state index is 6.69. The molecule has 0 atom stereocenters. The first-order valence-electron chi connectivity index (χ1n) is 8.92. The van der Waals surface area contributed by atoms with Crippen molar-refractivity contribution in [1.29, 1.82) is 0 Å². The molecule has 2 N–H and O–H groups in total. The van der Waals surface area contributed by atoms with Crippen LogP contribution in [0.1, 0.15) is 73.9 Å². The number of thiol groups is 1. The molecule has 0 bridgehead atoms. The fourth-order valence-electron chi connectivity index (χ4n) is 2.16. The van der Waals surface area contributed by atoms with E-state index in [2.05, 4.69) is 83.7 Å². The van der Waals surface area contributed by atoms with Gasteiger partial charge in [-0.05, 0) is 56.7 Å². The number of rotatable bonds is 9. The fraction of sp³-hybridized carbons (Fsp3) is 0.889. The normalized spacial score (nSPS) is 11.2. The van der Waals surface area contributed by atoms with Gasteiger partial charge in [0, 0.05) is 12.4 Å². The van der Waals surface area contributed by atoms with Crippen molar-refractivity contribution in [3.8, 4) is 0 Å². The summed E-state index contributed by atoms with van der Waals surface area (Å²) in [5.41, 5.74) is 1.09. The van der Waals surface area contributed by atoms with Crippen LogP contribution >= 0.6 is 24.7 Å². The van der Waals surface area contributed by atoms with Crippen molar-refractivity contribution in [1.82, 2.24) is 15.4 Å². The fourth-order valence-corrected chi connectivity index (χ4v) is 2.80. The number of nitrogens with zero attached hydrogens (tertiary/aromatic N) is 2. The zero-order valence-corrected chi connectivity index (χ0v) is 19.0. The Morgan fingerprint density at radius 1 is 1.16 bits per heavy atom. The Morgan fingerprint density at radius 2 is 1.76 bits per heavy atom. The van der Waals surface area contributed by atoms with Gasteiger partial charge in [-0.1, -0.05) is 41.5 Å². The summed E-state index contributed by atoms with van der Waals surface area (Å²) in [6.07, 6.45) is 4.07. The molecule has 25 heavy (non-hydrogen) atoms. The van der Waals surface area contributed by atoms with Gasteiger partial charge in [-0.25, -0.2) is 0 Å². The maximum Gasteiger partial charge on any atom is 0.0923 e. The van der Waals surface area contributed by atoms with Crippen molar-refractivity contribution < 1.29 is 9.29 Å². The van der Waals surface area contributed by atoms with E-state index < -0.39 is 0 Å². The summed E-state index contributed by atoms with van der Waals surface area (Å²) in [6.45, 7) is 18.6. The summed E-state index contributed by atoms with van der Waals surface area (Å²) in [5, 5.41) is 10.9. The Bertz CT molecular complexity index is 384. The third kappa shape index (κ3) is 19.9. The monoisotopic (exact) mass is 393 g/mol. The quantitative estimate of drug-likeness (QED) is 0.370. The number of hydrogen-bond acceptors (Lipinski definition) is 6. The molecule has 0 aliphatic heterocycles. The van der Waals surface area contributed by atoms with Crippen LogP contribution in [-0.2, 0) is 10.5 Å². The highest BCUT2D eigenvalue weighted by Gasteiger charge is 2.19. The van der Waals surface area contributed by atoms with Gasteiger partial charge in [0.15, 0.2) is 0 Å². The van der Waals surface area contributed by atoms with Gasteiger partial charge < -0.3 is 9.29 Å². The molecule has 0 saturated carbocycles. The molecule has 1 aromatic heterocycles. The second-order valence-electron chi connectivity index (χ2n) is 7.71. The molecular weight excluding hydrogens is 354 g/mol. The van der Waals surface area contributed by atoms with E-state index >= 15 is 0 Å². The van der Waals surface area contributed by atoms with E-state index in [-0.39, 0.29) is 5.60 Å². The summed E-state index contributed by atoms with van der Waals surface area (Å²) in [5.74, 6) is 2.41. The second-order valence-corrected chi connectivity index (χ2v) is 9.27. The predicted molar refractivity (Wildman–Crippen MR) is 113 cm³/mol. The van der Waals surface area contributed by atoms with E-state index in [9.17, 15) is 0 Å². The molecule has 0 amide bonds. The van der Waals surface area contributed by atoms with Crippen LogP contribution in [-0.4, -0.2) is 37.4 Å². The highest BCUT2D eigenvalue weighted by Crippen LogP contribution is 2.20. The van der Waals surface area contributed by atoms with Gasteiger partial charge >= 0.3 is 0 Å². The first-order valence-corrected chi connectivity index (χ1v) is 10.4. The van der Waals surface area contributed by atoms with E-state index in [1.807, 2.05) is 11.8 Å². The standard InChI is InChI=1S/C12H26O.C6H11N3S.H2OS/c1-10(2)7-8-13-12(5,6)9-11(3)4;1-5(2)10-4-6-3-7-9-8-6;1-2/h10-11H,7-9H2,1-6H3;3,5H,4H2,1-2H3,(H,7,8,9);1-2H. The van der Waals surface area contributed by atoms with Gasteiger partial charge in [-0.2, -0.15) is 27.2 Å². The molecular formula is C18H39N3O2S2. The topological polar surface area (TPSA) is 71.0 Å². The average molecular weight is 394 g/mol. The summed E-state index contributed by atoms with van der Waals surface area (Å²) in [4.78, 5) is 0. The summed E-state index contributed by atoms with van der Waals surface area (Å²) < 4.78 is 12.5. The molecule has 0 spiro atoms. The number of ether oxygens (including phenoxy) is 1. The highest BCUT2D eigenvalue weighted by atomic mass is 32.2. The Labute approximate surface area is 164 Å². The maximum atomic E-state index is 6.69. The Morgan fingerprint density at radius 3 is 2.16 bits per heavy atom. The summed E-state index contributed by atoms with van der Waals surface area (Å²) >= 11 is 4.39. The van der Waals surface area contributed by atoms with Crippen LogP contribution in [0.15, 0.2) is 6.20 Å². The number of nitrogens with one attached hydrogen (secondary N) is 1. The van der Waals surface area contributed by atoms with Gasteiger partial charge in [0.05, 0.1) is 17.5 Å². The number of H-pyrrole nitrogens is 1. The molecule has 7 heteroatoms. The Balaban J connectivity index is 0. The molecule has 0 aliphatic rings. The first-order chi connectivity index (χ1) is 11.6. The lowest BCUT2D eigenvalue weighted by molar-refractivity contribution is -0.0353. The molecule has 1 rings (SSSR count). The van der Waals surface area contributed by atoms with Crippen LogP contribution in [0.4, 0.5) is 0 Å². The number of thioether (sulfide) groups is 1. The lowest BCUT2D eigenvalue weighted by Crippen LogP contribution is -2.27. The van der Waals surface area contributed by atoms with Crippen LogP contribution in [0.3, 0.4) is 0 Å². The van der Waals surface area contributed by atoms with E-state index in [0.29, 0.717) is 11.2 Å². The first kappa shape index (κ1) is 27.0. The Hall–Kier alpha value is -0.240. The average Bonchev–Trinajstić information content (AvgIpc) is 2.99. The highest BCUT2D eigenvalue weighted by molar-refractivity contribution is 7.99. The molecule has 1 aromatic rings. The van der Waals surface area contributed by atoms with Gasteiger partial charge in [0.1, 0.15) is 0 Å². The third-order valence-corrected chi connectivity index (χ3v) is 4.25. The SMILES string of the molecule is CC(C)CCOC(C)(C)CC(C)C.CC(C)SCc1cn[nH]n1.OS. The van der Waals surface area contributed by atoms with E-state index in [1.165, 1.54) is 6.42 Å². The van der Waals surface area contributed by atoms with Gasteiger partial charge in [-0.15, -0.1) is 0 Å². The van der Waals surface area contributed by atoms with Crippen molar-refractivity contribution in [3.63, 3.8) is 0 Å². The molecule has 0 aromatic carbocycles. The van der Waals surface area contributed by atoms with Crippen LogP contribution in [0.5, 0.6) is 0 Å². The molecule has 0 fully saturated rings. The zero-order chi connectivity index (χ0) is 19.9. The van der Waals surface area contributed by atoms with E-state index in [0.717, 1.165) is 30.4 Å². The van der Waals surface area contributed by atoms with Crippen LogP contribution in [0.2, 0.25) is 0 Å². The summed E-state index contributed by atoms with van der Waals surface area (Å²) in [7, 11) is 0. The van der Waals surface area contributed by atoms with Gasteiger partial charge in [0.2, 0.25) is 0 Å². The number of aromatic nitrogens is 3. The zero-order valence-electron chi connectivity index (χ0n) is 17.2.